The normalized spacial score (nSPS) is 11.7. The van der Waals surface area contributed by atoms with Crippen LogP contribution in [0.25, 0.3) is 0 Å². The van der Waals surface area contributed by atoms with Gasteiger partial charge in [-0.3, -0.25) is 20.2 Å². The number of hydrogen-bond donors (Lipinski definition) is 2. The zero-order valence-electron chi connectivity index (χ0n) is 13.3. The van der Waals surface area contributed by atoms with E-state index in [9.17, 15) is 24.5 Å². The largest absolute Gasteiger partial charge is 0.448 e. The molecule has 0 bridgehead atoms. The molecule has 24 heavy (non-hydrogen) atoms. The zero-order chi connectivity index (χ0) is 18.4. The molecule has 1 aromatic carbocycles. The Hall–Kier alpha value is -2.62. The van der Waals surface area contributed by atoms with Gasteiger partial charge >= 0.3 is 12.0 Å². The van der Waals surface area contributed by atoms with Crippen molar-refractivity contribution in [3.05, 3.63) is 33.9 Å². The Morgan fingerprint density at radius 1 is 1.33 bits per heavy atom. The molecule has 0 saturated heterocycles. The Balaban J connectivity index is 3.04. The van der Waals surface area contributed by atoms with Crippen LogP contribution >= 0.6 is 11.8 Å². The number of nitrogens with zero attached hydrogens (tertiary/aromatic N) is 1. The minimum Gasteiger partial charge on any atom is -0.448 e. The van der Waals surface area contributed by atoms with Gasteiger partial charge in [-0.05, 0) is 24.3 Å². The third-order valence-corrected chi connectivity index (χ3v) is 3.74. The number of primary amides is 1. The first-order valence-corrected chi connectivity index (χ1v) is 8.03. The molecule has 130 valence electrons. The van der Waals surface area contributed by atoms with E-state index < -0.39 is 34.9 Å². The topological polar surface area (TPSA) is 142 Å². The number of urea groups is 1. The van der Waals surface area contributed by atoms with E-state index in [2.05, 4.69) is 0 Å². The first kappa shape index (κ1) is 19.4. The molecule has 0 fully saturated rings. The Labute approximate surface area is 142 Å². The lowest BCUT2D eigenvalue weighted by atomic mass is 10.1. The number of carbonyl (C=O) groups is 3. The standard InChI is InChI=1S/C14H17N3O6S/c1-7(2)11(12(18)16-14(15)20)23-13(19)8-4-5-10(24-3)9(6-8)17(21)22/h4-7,11H,1-3H3,(H3,15,16,18,20)/t11-/m1/s1. The van der Waals surface area contributed by atoms with E-state index in [1.807, 2.05) is 5.32 Å². The maximum Gasteiger partial charge on any atom is 0.339 e. The van der Waals surface area contributed by atoms with Crippen molar-refractivity contribution in [3.8, 4) is 0 Å². The fraction of sp³-hybridized carbons (Fsp3) is 0.357. The fourth-order valence-corrected chi connectivity index (χ4v) is 2.37. The van der Waals surface area contributed by atoms with E-state index in [0.29, 0.717) is 4.90 Å². The maximum atomic E-state index is 12.2. The molecule has 10 heteroatoms. The molecule has 0 aliphatic rings. The quantitative estimate of drug-likeness (QED) is 0.342. The number of ether oxygens (including phenoxy) is 1. The number of hydrogen-bond acceptors (Lipinski definition) is 7. The molecule has 1 aromatic rings. The summed E-state index contributed by atoms with van der Waals surface area (Å²) in [6.45, 7) is 3.22. The summed E-state index contributed by atoms with van der Waals surface area (Å²) in [4.78, 5) is 45.6. The maximum absolute atomic E-state index is 12.2. The number of amides is 3. The van der Waals surface area contributed by atoms with Crippen molar-refractivity contribution in [1.82, 2.24) is 5.32 Å². The Kier molecular flexibility index (Phi) is 6.71. The van der Waals surface area contributed by atoms with Gasteiger partial charge in [-0.15, -0.1) is 11.8 Å². The van der Waals surface area contributed by atoms with Gasteiger partial charge in [-0.1, -0.05) is 13.8 Å². The zero-order valence-corrected chi connectivity index (χ0v) is 14.1. The number of rotatable bonds is 6. The summed E-state index contributed by atoms with van der Waals surface area (Å²) in [7, 11) is 0. The average molecular weight is 355 g/mol. The number of nitrogens with one attached hydrogen (secondary N) is 1. The van der Waals surface area contributed by atoms with Crippen LogP contribution in [0.4, 0.5) is 10.5 Å². The van der Waals surface area contributed by atoms with Gasteiger partial charge in [0.05, 0.1) is 15.4 Å². The molecule has 0 spiro atoms. The van der Waals surface area contributed by atoms with Crippen LogP contribution in [0.2, 0.25) is 0 Å². The second-order valence-electron chi connectivity index (χ2n) is 5.07. The molecule has 1 rings (SSSR count). The highest BCUT2D eigenvalue weighted by Crippen LogP contribution is 2.28. The van der Waals surface area contributed by atoms with Crippen LogP contribution in [-0.4, -0.2) is 35.2 Å². The molecule has 3 amide bonds. The van der Waals surface area contributed by atoms with E-state index in [1.54, 1.807) is 20.1 Å². The van der Waals surface area contributed by atoms with Gasteiger partial charge in [-0.25, -0.2) is 9.59 Å². The highest BCUT2D eigenvalue weighted by Gasteiger charge is 2.28. The van der Waals surface area contributed by atoms with E-state index in [-0.39, 0.29) is 11.3 Å². The van der Waals surface area contributed by atoms with Crippen molar-refractivity contribution in [2.45, 2.75) is 24.8 Å². The smallest absolute Gasteiger partial charge is 0.339 e. The summed E-state index contributed by atoms with van der Waals surface area (Å²) in [5.74, 6) is -2.21. The van der Waals surface area contributed by atoms with Gasteiger partial charge in [0, 0.05) is 6.07 Å². The summed E-state index contributed by atoms with van der Waals surface area (Å²) in [6, 6.07) is 2.80. The molecule has 0 aromatic heterocycles. The van der Waals surface area contributed by atoms with Crippen LogP contribution in [0.5, 0.6) is 0 Å². The molecule has 0 saturated carbocycles. The van der Waals surface area contributed by atoms with Gasteiger partial charge < -0.3 is 10.5 Å². The van der Waals surface area contributed by atoms with Gasteiger partial charge in [0.25, 0.3) is 11.6 Å². The summed E-state index contributed by atoms with van der Waals surface area (Å²) in [5, 5.41) is 12.9. The Bertz CT molecular complexity index is 676. The van der Waals surface area contributed by atoms with E-state index in [0.717, 1.165) is 6.07 Å². The van der Waals surface area contributed by atoms with Crippen LogP contribution in [0.15, 0.2) is 23.1 Å². The van der Waals surface area contributed by atoms with Crippen LogP contribution in [0, 0.1) is 16.0 Å². The molecule has 0 aliphatic carbocycles. The summed E-state index contributed by atoms with van der Waals surface area (Å²) >= 11 is 1.17. The first-order valence-electron chi connectivity index (χ1n) is 6.81. The first-order chi connectivity index (χ1) is 11.2. The van der Waals surface area contributed by atoms with Crippen LogP contribution in [0.3, 0.4) is 0 Å². The lowest BCUT2D eigenvalue weighted by Gasteiger charge is -2.19. The number of thioether (sulfide) groups is 1. The number of benzene rings is 1. The third kappa shape index (κ3) is 4.95. The lowest BCUT2D eigenvalue weighted by Crippen LogP contribution is -2.45. The van der Waals surface area contributed by atoms with Crippen LogP contribution in [0.1, 0.15) is 24.2 Å². The van der Waals surface area contributed by atoms with Gasteiger partial charge in [0.2, 0.25) is 0 Å². The third-order valence-electron chi connectivity index (χ3n) is 2.96. The van der Waals surface area contributed by atoms with Crippen LogP contribution in [-0.2, 0) is 9.53 Å². The molecule has 9 nitrogen and oxygen atoms in total. The minimum absolute atomic E-state index is 0.0722. The molecule has 1 atom stereocenters. The van der Waals surface area contributed by atoms with Crippen LogP contribution < -0.4 is 11.1 Å². The Morgan fingerprint density at radius 2 is 1.96 bits per heavy atom. The highest BCUT2D eigenvalue weighted by atomic mass is 32.2. The summed E-state index contributed by atoms with van der Waals surface area (Å²) < 4.78 is 5.08. The van der Waals surface area contributed by atoms with E-state index >= 15 is 0 Å². The van der Waals surface area contributed by atoms with Gasteiger partial charge in [0.15, 0.2) is 6.10 Å². The van der Waals surface area contributed by atoms with Crippen molar-refractivity contribution >= 4 is 35.4 Å². The van der Waals surface area contributed by atoms with Crippen molar-refractivity contribution in [2.24, 2.45) is 11.7 Å². The number of nitro groups is 1. The fourth-order valence-electron chi connectivity index (χ4n) is 1.83. The molecular weight excluding hydrogens is 338 g/mol. The van der Waals surface area contributed by atoms with Crippen molar-refractivity contribution < 1.29 is 24.0 Å². The predicted octanol–water partition coefficient (Wildman–Crippen LogP) is 1.69. The molecule has 0 radical (unpaired) electrons. The molecule has 0 aliphatic heterocycles. The number of imide groups is 1. The highest BCUT2D eigenvalue weighted by molar-refractivity contribution is 7.98. The Morgan fingerprint density at radius 3 is 2.42 bits per heavy atom. The van der Waals surface area contributed by atoms with Crippen molar-refractivity contribution in [1.29, 1.82) is 0 Å². The minimum atomic E-state index is -1.26. The van der Waals surface area contributed by atoms with E-state index in [1.165, 1.54) is 23.9 Å². The molecule has 3 N–H and O–H groups in total. The second-order valence-corrected chi connectivity index (χ2v) is 5.92. The van der Waals surface area contributed by atoms with Crippen molar-refractivity contribution in [2.75, 3.05) is 6.26 Å². The lowest BCUT2D eigenvalue weighted by molar-refractivity contribution is -0.387. The monoisotopic (exact) mass is 355 g/mol. The van der Waals surface area contributed by atoms with Crippen molar-refractivity contribution in [3.63, 3.8) is 0 Å². The molecular formula is C14H17N3O6S. The second kappa shape index (κ2) is 8.29. The molecule has 0 unspecified atom stereocenters. The number of nitrogens with two attached hydrogens (primary N) is 1. The predicted molar refractivity (Wildman–Crippen MR) is 86.6 cm³/mol. The molecule has 0 heterocycles. The number of carbonyl (C=O) groups excluding carboxylic acids is 3. The summed E-state index contributed by atoms with van der Waals surface area (Å²) in [5.41, 5.74) is 4.56. The van der Waals surface area contributed by atoms with E-state index in [4.69, 9.17) is 10.5 Å². The number of esters is 1. The summed E-state index contributed by atoms with van der Waals surface area (Å²) in [6.07, 6.45) is 0.410. The number of nitro benzene ring substituents is 1. The van der Waals surface area contributed by atoms with Gasteiger partial charge in [0.1, 0.15) is 0 Å². The average Bonchev–Trinajstić information content (AvgIpc) is 2.50. The SMILES string of the molecule is CSc1ccc(C(=O)O[C@@H](C(=O)NC(N)=O)C(C)C)cc1[N+](=O)[O-]. The van der Waals surface area contributed by atoms with Gasteiger partial charge in [-0.2, -0.15) is 0 Å².